The molecule has 0 radical (unpaired) electrons. The molecule has 2 rings (SSSR count). The van der Waals surface area contributed by atoms with Gasteiger partial charge in [-0.1, -0.05) is 26.7 Å². The fraction of sp³-hybridized carbons (Fsp3) is 0.812. The van der Waals surface area contributed by atoms with E-state index in [4.69, 9.17) is 5.73 Å². The van der Waals surface area contributed by atoms with E-state index in [9.17, 15) is 0 Å². The van der Waals surface area contributed by atoms with E-state index < -0.39 is 0 Å². The lowest BCUT2D eigenvalue weighted by Crippen LogP contribution is -2.46. The van der Waals surface area contributed by atoms with E-state index in [0.29, 0.717) is 0 Å². The van der Waals surface area contributed by atoms with Crippen LogP contribution in [-0.4, -0.2) is 10.5 Å². The van der Waals surface area contributed by atoms with Crippen molar-refractivity contribution in [3.63, 3.8) is 0 Å². The SMILES string of the molecule is Cc1nc(CC2(N)CCCC(CC(C)C)C2)sc1C. The summed E-state index contributed by atoms with van der Waals surface area (Å²) in [5, 5.41) is 1.24. The minimum absolute atomic E-state index is 0.00542. The van der Waals surface area contributed by atoms with E-state index in [1.165, 1.54) is 47.7 Å². The Balaban J connectivity index is 2.01. The van der Waals surface area contributed by atoms with Gasteiger partial charge in [0.25, 0.3) is 0 Å². The topological polar surface area (TPSA) is 38.9 Å². The minimum Gasteiger partial charge on any atom is -0.325 e. The summed E-state index contributed by atoms with van der Waals surface area (Å²) in [5.41, 5.74) is 7.86. The molecule has 2 N–H and O–H groups in total. The van der Waals surface area contributed by atoms with E-state index in [-0.39, 0.29) is 5.54 Å². The second kappa shape index (κ2) is 5.92. The van der Waals surface area contributed by atoms with E-state index in [1.54, 1.807) is 0 Å². The van der Waals surface area contributed by atoms with Crippen LogP contribution in [0.25, 0.3) is 0 Å². The van der Waals surface area contributed by atoms with Gasteiger partial charge in [-0.2, -0.15) is 0 Å². The summed E-state index contributed by atoms with van der Waals surface area (Å²) in [6.45, 7) is 8.89. The molecule has 0 bridgehead atoms. The molecule has 108 valence electrons. The molecule has 1 fully saturated rings. The maximum absolute atomic E-state index is 6.68. The molecule has 1 saturated carbocycles. The van der Waals surface area contributed by atoms with Crippen molar-refractivity contribution in [1.82, 2.24) is 4.98 Å². The Labute approximate surface area is 121 Å². The number of hydrogen-bond acceptors (Lipinski definition) is 3. The average Bonchev–Trinajstić information content (AvgIpc) is 2.55. The quantitative estimate of drug-likeness (QED) is 0.896. The van der Waals surface area contributed by atoms with Gasteiger partial charge in [0.15, 0.2) is 0 Å². The molecule has 19 heavy (non-hydrogen) atoms. The summed E-state index contributed by atoms with van der Waals surface area (Å²) >= 11 is 1.83. The Morgan fingerprint density at radius 3 is 2.74 bits per heavy atom. The summed E-state index contributed by atoms with van der Waals surface area (Å²) in [7, 11) is 0. The molecule has 0 spiro atoms. The maximum Gasteiger partial charge on any atom is 0.0949 e. The molecule has 2 nitrogen and oxygen atoms in total. The van der Waals surface area contributed by atoms with Crippen LogP contribution >= 0.6 is 11.3 Å². The van der Waals surface area contributed by atoms with E-state index >= 15 is 0 Å². The fourth-order valence-corrected chi connectivity index (χ4v) is 4.56. The van der Waals surface area contributed by atoms with Gasteiger partial charge >= 0.3 is 0 Å². The van der Waals surface area contributed by atoms with Crippen LogP contribution in [0.15, 0.2) is 0 Å². The molecule has 0 aromatic carbocycles. The first-order valence-corrected chi connectivity index (χ1v) is 8.41. The monoisotopic (exact) mass is 280 g/mol. The van der Waals surface area contributed by atoms with Crippen molar-refractivity contribution >= 4 is 11.3 Å². The largest absolute Gasteiger partial charge is 0.325 e. The van der Waals surface area contributed by atoms with Crippen LogP contribution in [0, 0.1) is 25.7 Å². The third kappa shape index (κ3) is 4.03. The van der Waals surface area contributed by atoms with Gasteiger partial charge in [0, 0.05) is 16.8 Å². The van der Waals surface area contributed by atoms with Crippen LogP contribution in [0.2, 0.25) is 0 Å². The molecule has 1 aromatic heterocycles. The Kier molecular flexibility index (Phi) is 4.67. The fourth-order valence-electron chi connectivity index (χ4n) is 3.47. The predicted molar refractivity (Wildman–Crippen MR) is 83.6 cm³/mol. The van der Waals surface area contributed by atoms with Crippen molar-refractivity contribution in [3.8, 4) is 0 Å². The average molecular weight is 280 g/mol. The molecule has 1 aromatic rings. The van der Waals surface area contributed by atoms with Crippen LogP contribution in [0.4, 0.5) is 0 Å². The zero-order valence-corrected chi connectivity index (χ0v) is 13.6. The van der Waals surface area contributed by atoms with Gasteiger partial charge in [0.05, 0.1) is 10.7 Å². The van der Waals surface area contributed by atoms with Gasteiger partial charge in [-0.3, -0.25) is 0 Å². The van der Waals surface area contributed by atoms with E-state index in [2.05, 4.69) is 32.7 Å². The number of thiazole rings is 1. The van der Waals surface area contributed by atoms with Crippen LogP contribution in [0.5, 0.6) is 0 Å². The van der Waals surface area contributed by atoms with Crippen LogP contribution in [0.1, 0.15) is 61.5 Å². The molecule has 1 heterocycles. The first-order valence-electron chi connectivity index (χ1n) is 7.60. The first kappa shape index (κ1) is 15.0. The van der Waals surface area contributed by atoms with Crippen molar-refractivity contribution in [3.05, 3.63) is 15.6 Å². The highest BCUT2D eigenvalue weighted by molar-refractivity contribution is 7.11. The molecule has 2 unspecified atom stereocenters. The molecule has 3 heteroatoms. The van der Waals surface area contributed by atoms with Crippen molar-refractivity contribution in [2.75, 3.05) is 0 Å². The van der Waals surface area contributed by atoms with Gasteiger partial charge in [0.2, 0.25) is 0 Å². The van der Waals surface area contributed by atoms with Crippen LogP contribution in [-0.2, 0) is 6.42 Å². The van der Waals surface area contributed by atoms with Crippen molar-refractivity contribution in [2.24, 2.45) is 17.6 Å². The maximum atomic E-state index is 6.68. The van der Waals surface area contributed by atoms with E-state index in [0.717, 1.165) is 18.3 Å². The van der Waals surface area contributed by atoms with Crippen molar-refractivity contribution in [1.29, 1.82) is 0 Å². The first-order chi connectivity index (χ1) is 8.88. The van der Waals surface area contributed by atoms with Gasteiger partial charge in [-0.05, 0) is 44.9 Å². The van der Waals surface area contributed by atoms with Gasteiger partial charge < -0.3 is 5.73 Å². The molecule has 2 atom stereocenters. The third-order valence-electron chi connectivity index (χ3n) is 4.36. The van der Waals surface area contributed by atoms with Gasteiger partial charge in [0.1, 0.15) is 0 Å². The highest BCUT2D eigenvalue weighted by atomic mass is 32.1. The van der Waals surface area contributed by atoms with Crippen molar-refractivity contribution in [2.45, 2.75) is 71.8 Å². The lowest BCUT2D eigenvalue weighted by Gasteiger charge is -2.38. The number of rotatable bonds is 4. The number of nitrogens with zero attached hydrogens (tertiary/aromatic N) is 1. The number of aromatic nitrogens is 1. The second-order valence-corrected chi connectivity index (χ2v) is 8.17. The number of nitrogens with two attached hydrogens (primary N) is 1. The van der Waals surface area contributed by atoms with Crippen LogP contribution < -0.4 is 5.73 Å². The Morgan fingerprint density at radius 2 is 2.16 bits per heavy atom. The summed E-state index contributed by atoms with van der Waals surface area (Å²) in [6.07, 6.45) is 7.31. The van der Waals surface area contributed by atoms with Gasteiger partial charge in [-0.15, -0.1) is 11.3 Å². The molecule has 1 aliphatic rings. The Bertz CT molecular complexity index is 405. The molecular weight excluding hydrogens is 252 g/mol. The minimum atomic E-state index is -0.00542. The summed E-state index contributed by atoms with van der Waals surface area (Å²) < 4.78 is 0. The highest BCUT2D eigenvalue weighted by Gasteiger charge is 2.33. The summed E-state index contributed by atoms with van der Waals surface area (Å²) in [4.78, 5) is 6.01. The van der Waals surface area contributed by atoms with Crippen LogP contribution in [0.3, 0.4) is 0 Å². The molecule has 1 aliphatic carbocycles. The smallest absolute Gasteiger partial charge is 0.0949 e. The lowest BCUT2D eigenvalue weighted by atomic mass is 9.72. The normalized spacial score (nSPS) is 28.0. The number of aryl methyl sites for hydroxylation is 2. The summed E-state index contributed by atoms with van der Waals surface area (Å²) in [5.74, 6) is 1.61. The predicted octanol–water partition coefficient (Wildman–Crippen LogP) is 4.24. The highest BCUT2D eigenvalue weighted by Crippen LogP contribution is 2.37. The summed E-state index contributed by atoms with van der Waals surface area (Å²) in [6, 6.07) is 0. The van der Waals surface area contributed by atoms with Crippen molar-refractivity contribution < 1.29 is 0 Å². The third-order valence-corrected chi connectivity index (χ3v) is 5.44. The standard InChI is InChI=1S/C16H28N2S/c1-11(2)8-14-6-5-7-16(17,9-14)10-15-18-12(3)13(4)19-15/h11,14H,5-10,17H2,1-4H3. The molecular formula is C16H28N2S. The molecule has 0 aliphatic heterocycles. The second-order valence-electron chi connectivity index (χ2n) is 6.88. The molecule has 0 saturated heterocycles. The number of hydrogen-bond donors (Lipinski definition) is 1. The zero-order chi connectivity index (χ0) is 14.0. The lowest BCUT2D eigenvalue weighted by molar-refractivity contribution is 0.200. The van der Waals surface area contributed by atoms with Gasteiger partial charge in [-0.25, -0.2) is 4.98 Å². The molecule has 0 amide bonds. The Hall–Kier alpha value is -0.410. The zero-order valence-electron chi connectivity index (χ0n) is 12.8. The van der Waals surface area contributed by atoms with E-state index in [1.807, 2.05) is 11.3 Å². The Morgan fingerprint density at radius 1 is 1.42 bits per heavy atom.